The number of anilines is 1. The van der Waals surface area contributed by atoms with Crippen molar-refractivity contribution in [1.82, 2.24) is 4.98 Å². The third-order valence-corrected chi connectivity index (χ3v) is 5.61. The first kappa shape index (κ1) is 19.7. The van der Waals surface area contributed by atoms with E-state index in [0.29, 0.717) is 5.56 Å². The minimum atomic E-state index is -1.48. The van der Waals surface area contributed by atoms with Gasteiger partial charge < -0.3 is 9.64 Å². The van der Waals surface area contributed by atoms with Gasteiger partial charge in [-0.15, -0.1) is 0 Å². The lowest BCUT2D eigenvalue weighted by atomic mass is 9.70. The van der Waals surface area contributed by atoms with Crippen LogP contribution in [-0.4, -0.2) is 28.6 Å². The van der Waals surface area contributed by atoms with Crippen LogP contribution in [0.4, 0.5) is 5.69 Å². The summed E-state index contributed by atoms with van der Waals surface area (Å²) in [7, 11) is 0. The molecule has 30 heavy (non-hydrogen) atoms. The number of nitriles is 2. The molecule has 3 atom stereocenters. The number of fused-ring (bicyclic) bond motifs is 3. The van der Waals surface area contributed by atoms with Gasteiger partial charge in [0.2, 0.25) is 0 Å². The predicted octanol–water partition coefficient (Wildman–Crippen LogP) is 3.82. The van der Waals surface area contributed by atoms with E-state index in [1.54, 1.807) is 18.5 Å². The molecule has 0 amide bonds. The number of nitrogens with zero attached hydrogens (tertiary/aromatic N) is 4. The van der Waals surface area contributed by atoms with E-state index >= 15 is 0 Å². The van der Waals surface area contributed by atoms with Crippen LogP contribution in [0.2, 0.25) is 0 Å². The molecular weight excluding hydrogens is 376 g/mol. The van der Waals surface area contributed by atoms with Crippen molar-refractivity contribution in [2.75, 3.05) is 4.90 Å². The Balaban J connectivity index is 1.97. The Morgan fingerprint density at radius 2 is 1.90 bits per heavy atom. The van der Waals surface area contributed by atoms with Gasteiger partial charge in [-0.25, -0.2) is 4.79 Å². The summed E-state index contributed by atoms with van der Waals surface area (Å²) in [5, 5.41) is 20.5. The monoisotopic (exact) mass is 398 g/mol. The summed E-state index contributed by atoms with van der Waals surface area (Å²) in [6, 6.07) is 14.3. The van der Waals surface area contributed by atoms with Gasteiger partial charge in [0.25, 0.3) is 0 Å². The van der Waals surface area contributed by atoms with Gasteiger partial charge in [-0.2, -0.15) is 10.5 Å². The lowest BCUT2D eigenvalue weighted by Crippen LogP contribution is -2.46. The van der Waals surface area contributed by atoms with Crippen molar-refractivity contribution in [2.45, 2.75) is 44.4 Å². The number of benzene rings is 1. The molecule has 1 aromatic heterocycles. The molecule has 3 heterocycles. The van der Waals surface area contributed by atoms with Crippen LogP contribution in [0.1, 0.15) is 37.8 Å². The lowest BCUT2D eigenvalue weighted by molar-refractivity contribution is -0.156. The summed E-state index contributed by atoms with van der Waals surface area (Å²) in [5.74, 6) is -1.18. The lowest BCUT2D eigenvalue weighted by Gasteiger charge is -2.36. The Hall–Kier alpha value is -3.64. The first-order valence-corrected chi connectivity index (χ1v) is 9.83. The van der Waals surface area contributed by atoms with Crippen LogP contribution in [0.15, 0.2) is 54.9 Å². The number of aromatic nitrogens is 1. The molecule has 0 N–H and O–H groups in total. The molecule has 0 bridgehead atoms. The number of para-hydroxylation sites is 1. The topological polar surface area (TPSA) is 90.0 Å². The van der Waals surface area contributed by atoms with E-state index in [1.807, 2.05) is 68.2 Å². The number of carbonyl (C=O) groups is 1. The molecule has 0 aliphatic carbocycles. The Morgan fingerprint density at radius 1 is 1.17 bits per heavy atom. The summed E-state index contributed by atoms with van der Waals surface area (Å²) in [5.41, 5.74) is 0.217. The van der Waals surface area contributed by atoms with E-state index < -0.39 is 35.0 Å². The molecule has 1 saturated heterocycles. The van der Waals surface area contributed by atoms with Crippen LogP contribution < -0.4 is 4.90 Å². The third-order valence-electron chi connectivity index (χ3n) is 5.61. The molecule has 2 aliphatic rings. The minimum absolute atomic E-state index is 0.459. The Labute approximate surface area is 176 Å². The highest BCUT2D eigenvalue weighted by Crippen LogP contribution is 2.55. The summed E-state index contributed by atoms with van der Waals surface area (Å²) < 4.78 is 5.78. The molecule has 4 rings (SSSR count). The number of hydrogen-bond acceptors (Lipinski definition) is 6. The van der Waals surface area contributed by atoms with Crippen molar-refractivity contribution in [1.29, 1.82) is 10.5 Å². The van der Waals surface area contributed by atoms with Gasteiger partial charge in [0.15, 0.2) is 5.41 Å². The Kier molecular flexibility index (Phi) is 4.59. The van der Waals surface area contributed by atoms with Crippen molar-refractivity contribution in [3.63, 3.8) is 0 Å². The van der Waals surface area contributed by atoms with Gasteiger partial charge in [-0.05, 0) is 44.0 Å². The second-order valence-electron chi connectivity index (χ2n) is 8.61. The number of carbonyl (C=O) groups excluding carboxylic acids is 1. The van der Waals surface area contributed by atoms with E-state index in [4.69, 9.17) is 4.74 Å². The smallest absolute Gasteiger partial charge is 0.330 e. The Bertz CT molecular complexity index is 1070. The summed E-state index contributed by atoms with van der Waals surface area (Å²) >= 11 is 0. The fraction of sp³-hybridized carbons (Fsp3) is 0.333. The highest BCUT2D eigenvalue weighted by molar-refractivity contribution is 5.88. The quantitative estimate of drug-likeness (QED) is 0.714. The molecule has 1 aromatic carbocycles. The maximum Gasteiger partial charge on any atom is 0.330 e. The maximum atomic E-state index is 13.5. The molecule has 0 saturated carbocycles. The predicted molar refractivity (Wildman–Crippen MR) is 112 cm³/mol. The second-order valence-corrected chi connectivity index (χ2v) is 8.61. The van der Waals surface area contributed by atoms with E-state index in [2.05, 4.69) is 17.1 Å². The van der Waals surface area contributed by atoms with Gasteiger partial charge in [0.05, 0.1) is 24.1 Å². The number of hydrogen-bond donors (Lipinski definition) is 0. The van der Waals surface area contributed by atoms with Crippen molar-refractivity contribution < 1.29 is 9.53 Å². The van der Waals surface area contributed by atoms with Crippen molar-refractivity contribution in [3.05, 3.63) is 66.0 Å². The number of rotatable bonds is 2. The highest BCUT2D eigenvalue weighted by Gasteiger charge is 2.64. The first-order valence-electron chi connectivity index (χ1n) is 9.83. The zero-order chi connectivity index (χ0) is 21.5. The highest BCUT2D eigenvalue weighted by atomic mass is 16.6. The normalized spacial score (nSPS) is 23.6. The molecule has 0 spiro atoms. The number of ether oxygens (including phenoxy) is 1. The van der Waals surface area contributed by atoms with E-state index in [9.17, 15) is 15.3 Å². The summed E-state index contributed by atoms with van der Waals surface area (Å²) in [4.78, 5) is 19.6. The molecule has 2 aromatic rings. The SMILES string of the molecule is CC(C)(C)OC(=O)[C@@H]1[C@H](c2cccnc2)C(C#N)(C#N)[C@@H]2C=Cc3ccccc3N12. The zero-order valence-electron chi connectivity index (χ0n) is 17.1. The molecule has 6 heteroatoms. The first-order chi connectivity index (χ1) is 14.3. The van der Waals surface area contributed by atoms with Crippen molar-refractivity contribution in [2.24, 2.45) is 5.41 Å². The van der Waals surface area contributed by atoms with Crippen molar-refractivity contribution >= 4 is 17.7 Å². The fourth-order valence-corrected chi connectivity index (χ4v) is 4.50. The Morgan fingerprint density at radius 3 is 2.53 bits per heavy atom. The van der Waals surface area contributed by atoms with Crippen LogP contribution in [0, 0.1) is 28.1 Å². The van der Waals surface area contributed by atoms with E-state index in [-0.39, 0.29) is 0 Å². The van der Waals surface area contributed by atoms with Gasteiger partial charge in [0.1, 0.15) is 11.6 Å². The van der Waals surface area contributed by atoms with Crippen LogP contribution in [0.25, 0.3) is 6.08 Å². The van der Waals surface area contributed by atoms with Crippen LogP contribution in [-0.2, 0) is 9.53 Å². The summed E-state index contributed by atoms with van der Waals surface area (Å²) in [6.45, 7) is 5.42. The molecule has 0 unspecified atom stereocenters. The van der Waals surface area contributed by atoms with Gasteiger partial charge in [-0.1, -0.05) is 36.4 Å². The molecule has 1 fully saturated rings. The van der Waals surface area contributed by atoms with Crippen LogP contribution >= 0.6 is 0 Å². The summed E-state index contributed by atoms with van der Waals surface area (Å²) in [6.07, 6.45) is 7.02. The van der Waals surface area contributed by atoms with Gasteiger partial charge in [-0.3, -0.25) is 4.98 Å². The third kappa shape index (κ3) is 2.93. The van der Waals surface area contributed by atoms with Crippen molar-refractivity contribution in [3.8, 4) is 12.1 Å². The molecule has 2 aliphatic heterocycles. The standard InChI is InChI=1S/C24H22N4O2/c1-23(2,3)30-22(29)21-20(17-8-6-12-27-13-17)24(14-25,15-26)19-11-10-16-7-4-5-9-18(16)28(19)21/h4-13,19-21H,1-3H3/t19-,20-,21-/m0/s1. The number of pyridine rings is 1. The average molecular weight is 398 g/mol. The average Bonchev–Trinajstić information content (AvgIpc) is 3.04. The zero-order valence-corrected chi connectivity index (χ0v) is 17.1. The molecule has 0 radical (unpaired) electrons. The number of esters is 1. The van der Waals surface area contributed by atoms with Crippen LogP contribution in [0.3, 0.4) is 0 Å². The van der Waals surface area contributed by atoms with Gasteiger partial charge in [0, 0.05) is 18.1 Å². The molecule has 6 nitrogen and oxygen atoms in total. The maximum absolute atomic E-state index is 13.5. The van der Waals surface area contributed by atoms with E-state index in [1.165, 1.54) is 0 Å². The van der Waals surface area contributed by atoms with Crippen LogP contribution in [0.5, 0.6) is 0 Å². The molecular formula is C24H22N4O2. The largest absolute Gasteiger partial charge is 0.458 e. The van der Waals surface area contributed by atoms with Gasteiger partial charge >= 0.3 is 5.97 Å². The van der Waals surface area contributed by atoms with E-state index in [0.717, 1.165) is 11.3 Å². The molecule has 150 valence electrons. The minimum Gasteiger partial charge on any atom is -0.458 e. The second kappa shape index (κ2) is 7.00. The fourth-order valence-electron chi connectivity index (χ4n) is 4.50.